The SMILES string of the molecule is CCCC[C@@](C)(OC)C(=O)Nc1ccc(OCCCN2CCCC[C@H]2C)cc1. The fraction of sp³-hybridized carbons (Fsp3) is 0.696. The fourth-order valence-electron chi connectivity index (χ4n) is 3.67. The maximum absolute atomic E-state index is 12.6. The number of anilines is 1. The van der Waals surface area contributed by atoms with Crippen LogP contribution in [-0.4, -0.2) is 49.3 Å². The van der Waals surface area contributed by atoms with Crippen LogP contribution < -0.4 is 10.1 Å². The highest BCUT2D eigenvalue weighted by Crippen LogP contribution is 2.22. The van der Waals surface area contributed by atoms with Gasteiger partial charge in [-0.2, -0.15) is 0 Å². The number of rotatable bonds is 11. The lowest BCUT2D eigenvalue weighted by molar-refractivity contribution is -0.136. The highest BCUT2D eigenvalue weighted by molar-refractivity contribution is 5.97. The zero-order valence-corrected chi connectivity index (χ0v) is 18.1. The summed E-state index contributed by atoms with van der Waals surface area (Å²) in [6, 6.07) is 8.29. The second-order valence-electron chi connectivity index (χ2n) is 8.10. The summed E-state index contributed by atoms with van der Waals surface area (Å²) in [5.41, 5.74) is -0.0317. The van der Waals surface area contributed by atoms with Gasteiger partial charge in [-0.15, -0.1) is 0 Å². The molecule has 28 heavy (non-hydrogen) atoms. The van der Waals surface area contributed by atoms with Crippen LogP contribution in [0.1, 0.15) is 65.7 Å². The van der Waals surface area contributed by atoms with Crippen molar-refractivity contribution in [2.24, 2.45) is 0 Å². The molecular weight excluding hydrogens is 352 g/mol. The lowest BCUT2D eigenvalue weighted by atomic mass is 9.97. The molecule has 158 valence electrons. The van der Waals surface area contributed by atoms with Crippen LogP contribution in [0.5, 0.6) is 5.75 Å². The molecule has 5 heteroatoms. The van der Waals surface area contributed by atoms with E-state index in [2.05, 4.69) is 24.1 Å². The van der Waals surface area contributed by atoms with E-state index in [0.717, 1.165) is 37.2 Å². The van der Waals surface area contributed by atoms with Gasteiger partial charge in [-0.3, -0.25) is 4.79 Å². The van der Waals surface area contributed by atoms with E-state index in [1.54, 1.807) is 7.11 Å². The van der Waals surface area contributed by atoms with E-state index in [4.69, 9.17) is 9.47 Å². The number of carbonyl (C=O) groups is 1. The highest BCUT2D eigenvalue weighted by Gasteiger charge is 2.32. The van der Waals surface area contributed by atoms with Crippen LogP contribution in [0, 0.1) is 0 Å². The number of methoxy groups -OCH3 is 1. The summed E-state index contributed by atoms with van der Waals surface area (Å²) in [6.45, 7) is 9.31. The Morgan fingerprint density at radius 2 is 2.00 bits per heavy atom. The molecule has 1 aliphatic rings. The summed E-state index contributed by atoms with van der Waals surface area (Å²) in [4.78, 5) is 15.1. The van der Waals surface area contributed by atoms with Gasteiger partial charge in [0.2, 0.25) is 0 Å². The molecule has 1 fully saturated rings. The summed E-state index contributed by atoms with van der Waals surface area (Å²) in [6.07, 6.45) is 7.73. The third-order valence-electron chi connectivity index (χ3n) is 5.85. The molecule has 1 heterocycles. The summed E-state index contributed by atoms with van der Waals surface area (Å²) in [7, 11) is 1.59. The van der Waals surface area contributed by atoms with Crippen LogP contribution in [-0.2, 0) is 9.53 Å². The number of unbranched alkanes of at least 4 members (excludes halogenated alkanes) is 1. The molecule has 0 aliphatic carbocycles. The molecule has 0 bridgehead atoms. The van der Waals surface area contributed by atoms with E-state index in [-0.39, 0.29) is 5.91 Å². The van der Waals surface area contributed by atoms with E-state index in [0.29, 0.717) is 19.1 Å². The number of hydrogen-bond donors (Lipinski definition) is 1. The third kappa shape index (κ3) is 6.78. The van der Waals surface area contributed by atoms with Gasteiger partial charge in [-0.05, 0) is 70.3 Å². The molecule has 1 aromatic carbocycles. The number of benzene rings is 1. The molecule has 2 rings (SSSR count). The Bertz CT molecular complexity index is 590. The van der Waals surface area contributed by atoms with Crippen molar-refractivity contribution in [3.05, 3.63) is 24.3 Å². The average molecular weight is 391 g/mol. The Morgan fingerprint density at radius 3 is 2.64 bits per heavy atom. The van der Waals surface area contributed by atoms with Crippen LogP contribution in [0.25, 0.3) is 0 Å². The van der Waals surface area contributed by atoms with Crippen molar-refractivity contribution < 1.29 is 14.3 Å². The predicted octanol–water partition coefficient (Wildman–Crippen LogP) is 4.86. The monoisotopic (exact) mass is 390 g/mol. The molecule has 1 aliphatic heterocycles. The Balaban J connectivity index is 1.75. The van der Waals surface area contributed by atoms with Crippen molar-refractivity contribution in [2.45, 2.75) is 77.4 Å². The van der Waals surface area contributed by atoms with Crippen molar-refractivity contribution in [1.82, 2.24) is 4.90 Å². The summed E-state index contributed by atoms with van der Waals surface area (Å²) >= 11 is 0. The van der Waals surface area contributed by atoms with Crippen LogP contribution in [0.2, 0.25) is 0 Å². The number of carbonyl (C=O) groups excluding carboxylic acids is 1. The highest BCUT2D eigenvalue weighted by atomic mass is 16.5. The van der Waals surface area contributed by atoms with Crippen LogP contribution in [0.4, 0.5) is 5.69 Å². The largest absolute Gasteiger partial charge is 0.494 e. The van der Waals surface area contributed by atoms with E-state index in [1.165, 1.54) is 25.8 Å². The molecule has 0 radical (unpaired) electrons. The van der Waals surface area contributed by atoms with Gasteiger partial charge in [0.1, 0.15) is 11.4 Å². The first-order valence-electron chi connectivity index (χ1n) is 10.8. The quantitative estimate of drug-likeness (QED) is 0.548. The minimum Gasteiger partial charge on any atom is -0.494 e. The zero-order chi connectivity index (χ0) is 20.4. The van der Waals surface area contributed by atoms with Crippen LogP contribution >= 0.6 is 0 Å². The average Bonchev–Trinajstić information content (AvgIpc) is 2.71. The van der Waals surface area contributed by atoms with Crippen LogP contribution in [0.3, 0.4) is 0 Å². The summed E-state index contributed by atoms with van der Waals surface area (Å²) < 4.78 is 11.3. The number of hydrogen-bond acceptors (Lipinski definition) is 4. The predicted molar refractivity (Wildman–Crippen MR) is 115 cm³/mol. The van der Waals surface area contributed by atoms with E-state index >= 15 is 0 Å². The van der Waals surface area contributed by atoms with E-state index in [9.17, 15) is 4.79 Å². The Kier molecular flexibility index (Phi) is 9.26. The Hall–Kier alpha value is -1.59. The third-order valence-corrected chi connectivity index (χ3v) is 5.85. The first-order valence-corrected chi connectivity index (χ1v) is 10.8. The fourth-order valence-corrected chi connectivity index (χ4v) is 3.67. The Morgan fingerprint density at radius 1 is 1.25 bits per heavy atom. The number of piperidine rings is 1. The number of nitrogens with one attached hydrogen (secondary N) is 1. The van der Waals surface area contributed by atoms with Gasteiger partial charge in [-0.1, -0.05) is 26.2 Å². The molecule has 0 aromatic heterocycles. The topological polar surface area (TPSA) is 50.8 Å². The summed E-state index contributed by atoms with van der Waals surface area (Å²) in [5, 5.41) is 2.96. The molecule has 2 atom stereocenters. The minimum atomic E-state index is -0.795. The van der Waals surface area contributed by atoms with Crippen molar-refractivity contribution >= 4 is 11.6 Å². The second-order valence-corrected chi connectivity index (χ2v) is 8.10. The van der Waals surface area contributed by atoms with E-state index in [1.807, 2.05) is 31.2 Å². The molecule has 1 aromatic rings. The van der Waals surface area contributed by atoms with Crippen molar-refractivity contribution in [3.63, 3.8) is 0 Å². The van der Waals surface area contributed by atoms with Gasteiger partial charge in [0.05, 0.1) is 6.61 Å². The first-order chi connectivity index (χ1) is 13.5. The minimum absolute atomic E-state index is 0.104. The normalized spacial score (nSPS) is 19.8. The smallest absolute Gasteiger partial charge is 0.256 e. The molecule has 0 unspecified atom stereocenters. The van der Waals surface area contributed by atoms with Crippen LogP contribution in [0.15, 0.2) is 24.3 Å². The molecule has 5 nitrogen and oxygen atoms in total. The lowest BCUT2D eigenvalue weighted by Gasteiger charge is -2.33. The molecule has 1 amide bonds. The first kappa shape index (κ1) is 22.7. The Labute approximate surface area is 170 Å². The van der Waals surface area contributed by atoms with Crippen molar-refractivity contribution in [1.29, 1.82) is 0 Å². The zero-order valence-electron chi connectivity index (χ0n) is 18.1. The van der Waals surface area contributed by atoms with Gasteiger partial charge < -0.3 is 19.7 Å². The van der Waals surface area contributed by atoms with Gasteiger partial charge >= 0.3 is 0 Å². The van der Waals surface area contributed by atoms with Crippen molar-refractivity contribution in [2.75, 3.05) is 32.1 Å². The van der Waals surface area contributed by atoms with Crippen molar-refractivity contribution in [3.8, 4) is 5.75 Å². The number of likely N-dealkylation sites (tertiary alicyclic amines) is 1. The molecular formula is C23H38N2O3. The van der Waals surface area contributed by atoms with E-state index < -0.39 is 5.60 Å². The maximum atomic E-state index is 12.6. The number of ether oxygens (including phenoxy) is 2. The molecule has 1 saturated heterocycles. The molecule has 0 spiro atoms. The molecule has 0 saturated carbocycles. The molecule has 1 N–H and O–H groups in total. The number of amides is 1. The number of nitrogens with zero attached hydrogens (tertiary/aromatic N) is 1. The standard InChI is InChI=1S/C23H38N2O3/c1-5-6-15-23(3,27-4)22(26)24-20-11-13-21(14-12-20)28-18-9-17-25-16-8-7-10-19(25)2/h11-14,19H,5-10,15-18H2,1-4H3,(H,24,26)/t19-,23-/m1/s1. The summed E-state index contributed by atoms with van der Waals surface area (Å²) in [5.74, 6) is 0.734. The van der Waals surface area contributed by atoms with Gasteiger partial charge in [-0.25, -0.2) is 0 Å². The van der Waals surface area contributed by atoms with Gasteiger partial charge in [0.15, 0.2) is 0 Å². The maximum Gasteiger partial charge on any atom is 0.256 e. The van der Waals surface area contributed by atoms with Gasteiger partial charge in [0.25, 0.3) is 5.91 Å². The lowest BCUT2D eigenvalue weighted by Crippen LogP contribution is -2.41. The second kappa shape index (κ2) is 11.4. The van der Waals surface area contributed by atoms with Gasteiger partial charge in [0, 0.05) is 25.4 Å².